The van der Waals surface area contributed by atoms with Crippen LogP contribution in [0.1, 0.15) is 12.0 Å². The lowest BCUT2D eigenvalue weighted by molar-refractivity contribution is 0.195. The molecule has 0 aliphatic carbocycles. The molecule has 0 bridgehead atoms. The van der Waals surface area contributed by atoms with Crippen molar-refractivity contribution in [2.75, 3.05) is 27.3 Å². The molecule has 1 aromatic carbocycles. The Morgan fingerprint density at radius 1 is 1.16 bits per heavy atom. The Labute approximate surface area is 147 Å². The molecule has 6 nitrogen and oxygen atoms in total. The number of aromatic nitrogens is 1. The van der Waals surface area contributed by atoms with Crippen LogP contribution in [0.2, 0.25) is 0 Å². The molecule has 0 radical (unpaired) electrons. The summed E-state index contributed by atoms with van der Waals surface area (Å²) < 4.78 is 23.4. The molecule has 0 fully saturated rings. The maximum atomic E-state index is 12.9. The zero-order valence-corrected chi connectivity index (χ0v) is 14.5. The summed E-state index contributed by atoms with van der Waals surface area (Å²) in [5.74, 6) is 1.42. The zero-order valence-electron chi connectivity index (χ0n) is 14.5. The van der Waals surface area contributed by atoms with E-state index in [4.69, 9.17) is 9.47 Å². The van der Waals surface area contributed by atoms with Gasteiger partial charge in [0.05, 0.1) is 0 Å². The van der Waals surface area contributed by atoms with Gasteiger partial charge in [-0.25, -0.2) is 9.37 Å². The summed E-state index contributed by atoms with van der Waals surface area (Å²) in [7, 11) is 3.41. The minimum atomic E-state index is -0.300. The number of hydrogen-bond donors (Lipinski definition) is 2. The first kappa shape index (κ1) is 18.7. The van der Waals surface area contributed by atoms with Gasteiger partial charge in [-0.15, -0.1) is 0 Å². The predicted octanol–water partition coefficient (Wildman–Crippen LogP) is 2.71. The van der Waals surface area contributed by atoms with Gasteiger partial charge in [-0.1, -0.05) is 6.07 Å². The normalized spacial score (nSPS) is 11.2. The van der Waals surface area contributed by atoms with Crippen LogP contribution in [-0.2, 0) is 11.3 Å². The fourth-order valence-corrected chi connectivity index (χ4v) is 2.03. The summed E-state index contributed by atoms with van der Waals surface area (Å²) in [6.07, 6.45) is 2.64. The smallest absolute Gasteiger partial charge is 0.219 e. The maximum absolute atomic E-state index is 12.9. The first-order chi connectivity index (χ1) is 12.2. The first-order valence-corrected chi connectivity index (χ1v) is 8.03. The third-order valence-corrected chi connectivity index (χ3v) is 3.33. The van der Waals surface area contributed by atoms with Crippen molar-refractivity contribution in [2.45, 2.75) is 13.0 Å². The second-order valence-corrected chi connectivity index (χ2v) is 5.26. The molecular weight excluding hydrogens is 323 g/mol. The van der Waals surface area contributed by atoms with Crippen LogP contribution in [0.3, 0.4) is 0 Å². The molecule has 0 atom stereocenters. The van der Waals surface area contributed by atoms with Crippen LogP contribution in [0.25, 0.3) is 0 Å². The highest BCUT2D eigenvalue weighted by Crippen LogP contribution is 2.19. The molecule has 1 aromatic heterocycles. The second kappa shape index (κ2) is 10.2. The summed E-state index contributed by atoms with van der Waals surface area (Å²) in [6.45, 7) is 2.09. The van der Waals surface area contributed by atoms with E-state index in [0.29, 0.717) is 24.8 Å². The first-order valence-electron chi connectivity index (χ1n) is 8.03. The Hall–Kier alpha value is -2.67. The number of aliphatic imine (C=N–C) groups is 1. The van der Waals surface area contributed by atoms with Gasteiger partial charge in [0.1, 0.15) is 11.6 Å². The van der Waals surface area contributed by atoms with Gasteiger partial charge in [0.15, 0.2) is 5.96 Å². The van der Waals surface area contributed by atoms with Crippen molar-refractivity contribution < 1.29 is 13.9 Å². The highest BCUT2D eigenvalue weighted by Gasteiger charge is 2.02. The van der Waals surface area contributed by atoms with E-state index in [1.807, 2.05) is 6.07 Å². The average molecular weight is 346 g/mol. The van der Waals surface area contributed by atoms with Crippen molar-refractivity contribution in [3.05, 3.63) is 54.0 Å². The molecule has 0 saturated carbocycles. The maximum Gasteiger partial charge on any atom is 0.219 e. The SMILES string of the molecule is CN=C(NCCCOC)NCc1ccc(Oc2ccc(F)cc2)nc1. The lowest BCUT2D eigenvalue weighted by atomic mass is 10.3. The summed E-state index contributed by atoms with van der Waals surface area (Å²) in [5.41, 5.74) is 0.992. The van der Waals surface area contributed by atoms with E-state index >= 15 is 0 Å². The number of methoxy groups -OCH3 is 1. The van der Waals surface area contributed by atoms with E-state index in [0.717, 1.165) is 24.5 Å². The third-order valence-electron chi connectivity index (χ3n) is 3.33. The molecule has 0 unspecified atom stereocenters. The molecule has 25 heavy (non-hydrogen) atoms. The van der Waals surface area contributed by atoms with Crippen LogP contribution in [0.15, 0.2) is 47.6 Å². The van der Waals surface area contributed by atoms with Crippen LogP contribution in [0.5, 0.6) is 11.6 Å². The molecule has 0 amide bonds. The van der Waals surface area contributed by atoms with Crippen molar-refractivity contribution in [3.63, 3.8) is 0 Å². The van der Waals surface area contributed by atoms with Crippen LogP contribution in [0.4, 0.5) is 4.39 Å². The number of hydrogen-bond acceptors (Lipinski definition) is 4. The molecule has 1 heterocycles. The van der Waals surface area contributed by atoms with Crippen LogP contribution < -0.4 is 15.4 Å². The van der Waals surface area contributed by atoms with Crippen molar-refractivity contribution in [1.29, 1.82) is 0 Å². The lowest BCUT2D eigenvalue weighted by Crippen LogP contribution is -2.37. The average Bonchev–Trinajstić information content (AvgIpc) is 2.64. The number of pyridine rings is 1. The van der Waals surface area contributed by atoms with Crippen LogP contribution >= 0.6 is 0 Å². The Morgan fingerprint density at radius 2 is 1.96 bits per heavy atom. The largest absolute Gasteiger partial charge is 0.439 e. The standard InChI is InChI=1S/C18H23FN4O2/c1-20-18(21-10-3-11-24-2)23-13-14-4-9-17(22-12-14)25-16-7-5-15(19)6-8-16/h4-9,12H,3,10-11,13H2,1-2H3,(H2,20,21,23). The number of nitrogens with zero attached hydrogens (tertiary/aromatic N) is 2. The minimum Gasteiger partial charge on any atom is -0.439 e. The molecule has 0 spiro atoms. The molecule has 7 heteroatoms. The van der Waals surface area contributed by atoms with Crippen LogP contribution in [-0.4, -0.2) is 38.3 Å². The van der Waals surface area contributed by atoms with E-state index < -0.39 is 0 Å². The Bertz CT molecular complexity index is 660. The van der Waals surface area contributed by atoms with Gasteiger partial charge in [0.2, 0.25) is 5.88 Å². The minimum absolute atomic E-state index is 0.300. The van der Waals surface area contributed by atoms with Gasteiger partial charge in [-0.05, 0) is 36.2 Å². The Morgan fingerprint density at radius 3 is 2.60 bits per heavy atom. The lowest BCUT2D eigenvalue weighted by Gasteiger charge is -2.12. The number of nitrogens with one attached hydrogen (secondary N) is 2. The monoisotopic (exact) mass is 346 g/mol. The number of benzene rings is 1. The molecule has 0 aliphatic heterocycles. The van der Waals surface area contributed by atoms with Crippen molar-refractivity contribution in [1.82, 2.24) is 15.6 Å². The number of rotatable bonds is 8. The Kier molecular flexibility index (Phi) is 7.65. The zero-order chi connectivity index (χ0) is 17.9. The molecule has 2 aromatic rings. The summed E-state index contributed by atoms with van der Waals surface area (Å²) >= 11 is 0. The van der Waals surface area contributed by atoms with Crippen molar-refractivity contribution in [3.8, 4) is 11.6 Å². The van der Waals surface area contributed by atoms with E-state index in [1.165, 1.54) is 12.1 Å². The van der Waals surface area contributed by atoms with Gasteiger partial charge in [0, 0.05) is 46.1 Å². The number of guanidine groups is 1. The highest BCUT2D eigenvalue weighted by atomic mass is 19.1. The summed E-state index contributed by atoms with van der Waals surface area (Å²) in [4.78, 5) is 8.41. The molecular formula is C18H23FN4O2. The fraction of sp³-hybridized carbons (Fsp3) is 0.333. The van der Waals surface area contributed by atoms with Gasteiger partial charge < -0.3 is 20.1 Å². The Balaban J connectivity index is 1.80. The second-order valence-electron chi connectivity index (χ2n) is 5.26. The van der Waals surface area contributed by atoms with E-state index in [1.54, 1.807) is 38.6 Å². The van der Waals surface area contributed by atoms with E-state index in [9.17, 15) is 4.39 Å². The molecule has 0 aliphatic rings. The fourth-order valence-electron chi connectivity index (χ4n) is 2.03. The predicted molar refractivity (Wildman–Crippen MR) is 95.4 cm³/mol. The molecule has 2 rings (SSSR count). The summed E-state index contributed by atoms with van der Waals surface area (Å²) in [6, 6.07) is 9.50. The topological polar surface area (TPSA) is 67.8 Å². The molecule has 2 N–H and O–H groups in total. The number of halogens is 1. The van der Waals surface area contributed by atoms with E-state index in [-0.39, 0.29) is 5.82 Å². The highest BCUT2D eigenvalue weighted by molar-refractivity contribution is 5.79. The number of ether oxygens (including phenoxy) is 2. The summed E-state index contributed by atoms with van der Waals surface area (Å²) in [5, 5.41) is 6.42. The molecule has 0 saturated heterocycles. The van der Waals surface area contributed by atoms with E-state index in [2.05, 4.69) is 20.6 Å². The third kappa shape index (κ3) is 6.76. The van der Waals surface area contributed by atoms with Gasteiger partial charge in [-0.3, -0.25) is 4.99 Å². The van der Waals surface area contributed by atoms with Gasteiger partial charge in [0.25, 0.3) is 0 Å². The van der Waals surface area contributed by atoms with Crippen LogP contribution in [0, 0.1) is 5.82 Å². The van der Waals surface area contributed by atoms with Gasteiger partial charge >= 0.3 is 0 Å². The van der Waals surface area contributed by atoms with Crippen molar-refractivity contribution >= 4 is 5.96 Å². The quantitative estimate of drug-likeness (QED) is 0.437. The van der Waals surface area contributed by atoms with Crippen molar-refractivity contribution in [2.24, 2.45) is 4.99 Å². The molecule has 134 valence electrons. The van der Waals surface area contributed by atoms with Gasteiger partial charge in [-0.2, -0.15) is 0 Å².